The Kier molecular flexibility index (Phi) is 5.35. The first-order valence-corrected chi connectivity index (χ1v) is 11.7. The van der Waals surface area contributed by atoms with E-state index in [1.165, 1.54) is 17.8 Å². The zero-order valence-corrected chi connectivity index (χ0v) is 17.2. The fourth-order valence-corrected chi connectivity index (χ4v) is 7.33. The number of hydrogen-bond acceptors (Lipinski definition) is 5. The summed E-state index contributed by atoms with van der Waals surface area (Å²) in [5.74, 6) is -0.360. The maximum Gasteiger partial charge on any atom is 0.285 e. The second kappa shape index (κ2) is 7.79. The predicted octanol–water partition coefficient (Wildman–Crippen LogP) is 2.81. The third kappa shape index (κ3) is 4.30. The van der Waals surface area contributed by atoms with Crippen LogP contribution in [-0.4, -0.2) is 48.9 Å². The van der Waals surface area contributed by atoms with Crippen LogP contribution in [0.4, 0.5) is 10.1 Å². The molecule has 1 amide bonds. The molecule has 0 aromatic heterocycles. The van der Waals surface area contributed by atoms with Crippen molar-refractivity contribution >= 4 is 38.4 Å². The number of anilines is 1. The smallest absolute Gasteiger partial charge is 0.285 e. The van der Waals surface area contributed by atoms with Gasteiger partial charge in [-0.15, -0.1) is 0 Å². The molecular formula is C20H19FN2O4S2. The van der Waals surface area contributed by atoms with Crippen molar-refractivity contribution in [2.24, 2.45) is 4.99 Å². The number of sulfone groups is 1. The molecule has 4 rings (SSSR count). The molecule has 0 radical (unpaired) electrons. The van der Waals surface area contributed by atoms with Gasteiger partial charge in [-0.2, -0.15) is 4.99 Å². The minimum Gasteiger partial charge on any atom is -0.484 e. The Labute approximate surface area is 172 Å². The van der Waals surface area contributed by atoms with E-state index in [2.05, 4.69) is 4.99 Å². The van der Waals surface area contributed by atoms with E-state index in [9.17, 15) is 17.6 Å². The first kappa shape index (κ1) is 19.9. The van der Waals surface area contributed by atoms with E-state index in [-0.39, 0.29) is 29.4 Å². The number of thioether (sulfide) groups is 1. The number of amides is 1. The van der Waals surface area contributed by atoms with Crippen LogP contribution in [0.1, 0.15) is 5.56 Å². The molecule has 9 heteroatoms. The van der Waals surface area contributed by atoms with Gasteiger partial charge >= 0.3 is 0 Å². The van der Waals surface area contributed by atoms with Crippen LogP contribution in [0, 0.1) is 12.7 Å². The first-order valence-electron chi connectivity index (χ1n) is 9.04. The van der Waals surface area contributed by atoms with Crippen LogP contribution in [0.15, 0.2) is 53.5 Å². The van der Waals surface area contributed by atoms with Gasteiger partial charge in [0.25, 0.3) is 5.91 Å². The van der Waals surface area contributed by atoms with E-state index in [0.29, 0.717) is 22.2 Å². The monoisotopic (exact) mass is 434 g/mol. The van der Waals surface area contributed by atoms with Gasteiger partial charge in [-0.05, 0) is 36.8 Å². The van der Waals surface area contributed by atoms with E-state index in [0.717, 1.165) is 0 Å². The van der Waals surface area contributed by atoms with Crippen LogP contribution in [0.2, 0.25) is 0 Å². The SMILES string of the molecule is Cc1ccc(N2C(=NC(=O)COc3ccccc3)S[C@H]3CS(=O)(=O)C[C@H]32)cc1F. The standard InChI is InChI=1S/C20H19FN2O4S2/c1-13-7-8-14(9-16(13)21)23-17-11-29(25,26)12-18(17)28-20(23)22-19(24)10-27-15-5-3-2-4-6-15/h2-9,17-18H,10-12H2,1H3/t17-,18+/m1/s1. The van der Waals surface area contributed by atoms with Gasteiger partial charge in [0.2, 0.25) is 0 Å². The minimum absolute atomic E-state index is 0.0148. The molecule has 2 fully saturated rings. The molecule has 0 unspecified atom stereocenters. The molecule has 2 saturated heterocycles. The number of carbonyl (C=O) groups excluding carboxylic acids is 1. The molecule has 0 bridgehead atoms. The van der Waals surface area contributed by atoms with Gasteiger partial charge in [-0.1, -0.05) is 36.0 Å². The highest BCUT2D eigenvalue weighted by atomic mass is 32.2. The number of ether oxygens (including phenoxy) is 1. The fraction of sp³-hybridized carbons (Fsp3) is 0.300. The molecule has 0 spiro atoms. The summed E-state index contributed by atoms with van der Waals surface area (Å²) in [5, 5.41) is 0.130. The van der Waals surface area contributed by atoms with E-state index in [4.69, 9.17) is 4.74 Å². The van der Waals surface area contributed by atoms with Gasteiger partial charge in [0.05, 0.1) is 17.5 Å². The lowest BCUT2D eigenvalue weighted by Gasteiger charge is -2.24. The molecule has 0 N–H and O–H groups in total. The summed E-state index contributed by atoms with van der Waals surface area (Å²) in [7, 11) is -3.18. The van der Waals surface area contributed by atoms with Crippen LogP contribution >= 0.6 is 11.8 Å². The zero-order chi connectivity index (χ0) is 20.6. The number of para-hydroxylation sites is 1. The van der Waals surface area contributed by atoms with Crippen molar-refractivity contribution in [3.63, 3.8) is 0 Å². The largest absolute Gasteiger partial charge is 0.484 e. The maximum absolute atomic E-state index is 14.1. The lowest BCUT2D eigenvalue weighted by Crippen LogP contribution is -2.38. The number of nitrogens with zero attached hydrogens (tertiary/aromatic N) is 2. The van der Waals surface area contributed by atoms with Crippen LogP contribution < -0.4 is 9.64 Å². The van der Waals surface area contributed by atoms with Gasteiger partial charge < -0.3 is 9.64 Å². The Morgan fingerprint density at radius 3 is 2.72 bits per heavy atom. The molecule has 2 atom stereocenters. The van der Waals surface area contributed by atoms with Crippen molar-refractivity contribution in [1.29, 1.82) is 0 Å². The Hall–Kier alpha value is -2.39. The quantitative estimate of drug-likeness (QED) is 0.737. The molecule has 2 aliphatic rings. The topological polar surface area (TPSA) is 76.0 Å². The number of hydrogen-bond donors (Lipinski definition) is 0. The fourth-order valence-electron chi connectivity index (χ4n) is 3.40. The highest BCUT2D eigenvalue weighted by Gasteiger charge is 2.49. The van der Waals surface area contributed by atoms with Gasteiger partial charge in [0, 0.05) is 10.9 Å². The Morgan fingerprint density at radius 1 is 1.24 bits per heavy atom. The van der Waals surface area contributed by atoms with E-state index in [1.54, 1.807) is 48.2 Å². The molecule has 0 saturated carbocycles. The van der Waals surface area contributed by atoms with Gasteiger partial charge in [-0.25, -0.2) is 12.8 Å². The van der Waals surface area contributed by atoms with Crippen molar-refractivity contribution in [3.8, 4) is 5.75 Å². The maximum atomic E-state index is 14.1. The van der Waals surface area contributed by atoms with Crippen molar-refractivity contribution in [2.45, 2.75) is 18.2 Å². The highest BCUT2D eigenvalue weighted by Crippen LogP contribution is 2.41. The van der Waals surface area contributed by atoms with Crippen molar-refractivity contribution in [3.05, 3.63) is 59.9 Å². The van der Waals surface area contributed by atoms with Crippen molar-refractivity contribution in [1.82, 2.24) is 0 Å². The molecule has 2 aromatic rings. The summed E-state index contributed by atoms with van der Waals surface area (Å²) < 4.78 is 43.8. The summed E-state index contributed by atoms with van der Waals surface area (Å²) in [5.41, 5.74) is 0.975. The number of aryl methyl sites for hydroxylation is 1. The summed E-state index contributed by atoms with van der Waals surface area (Å²) in [6.45, 7) is 1.41. The summed E-state index contributed by atoms with van der Waals surface area (Å²) in [6.07, 6.45) is 0. The first-order chi connectivity index (χ1) is 13.8. The third-order valence-corrected chi connectivity index (χ3v) is 8.04. The van der Waals surface area contributed by atoms with Gasteiger partial charge in [-0.3, -0.25) is 4.79 Å². The normalized spacial score (nSPS) is 23.9. The van der Waals surface area contributed by atoms with Gasteiger partial charge in [0.1, 0.15) is 11.6 Å². The molecular weight excluding hydrogens is 415 g/mol. The van der Waals surface area contributed by atoms with Crippen LogP contribution in [0.25, 0.3) is 0 Å². The second-order valence-electron chi connectivity index (χ2n) is 6.99. The molecule has 29 heavy (non-hydrogen) atoms. The van der Waals surface area contributed by atoms with Gasteiger partial charge in [0.15, 0.2) is 21.6 Å². The van der Waals surface area contributed by atoms with E-state index in [1.807, 2.05) is 6.07 Å². The van der Waals surface area contributed by atoms with E-state index >= 15 is 0 Å². The summed E-state index contributed by atoms with van der Waals surface area (Å²) in [4.78, 5) is 18.2. The second-order valence-corrected chi connectivity index (χ2v) is 10.4. The summed E-state index contributed by atoms with van der Waals surface area (Å²) in [6, 6.07) is 13.2. The van der Waals surface area contributed by atoms with Crippen molar-refractivity contribution in [2.75, 3.05) is 23.0 Å². The Bertz CT molecular complexity index is 1070. The molecule has 0 aliphatic carbocycles. The van der Waals surface area contributed by atoms with E-state index < -0.39 is 21.6 Å². The molecule has 2 aromatic carbocycles. The Morgan fingerprint density at radius 2 is 2.00 bits per heavy atom. The third-order valence-electron chi connectivity index (χ3n) is 4.83. The average Bonchev–Trinajstić information content (AvgIpc) is 3.14. The molecule has 6 nitrogen and oxygen atoms in total. The number of rotatable bonds is 4. The summed E-state index contributed by atoms with van der Waals surface area (Å²) >= 11 is 1.24. The number of benzene rings is 2. The zero-order valence-electron chi connectivity index (χ0n) is 15.6. The molecule has 152 valence electrons. The predicted molar refractivity (Wildman–Crippen MR) is 112 cm³/mol. The average molecular weight is 435 g/mol. The highest BCUT2D eigenvalue weighted by molar-refractivity contribution is 8.16. The minimum atomic E-state index is -3.18. The molecule has 2 aliphatic heterocycles. The number of amidine groups is 1. The number of halogens is 1. The van der Waals surface area contributed by atoms with Crippen LogP contribution in [0.5, 0.6) is 5.75 Å². The lowest BCUT2D eigenvalue weighted by molar-refractivity contribution is -0.119. The van der Waals surface area contributed by atoms with Crippen molar-refractivity contribution < 1.29 is 22.3 Å². The Balaban J connectivity index is 1.59. The van der Waals surface area contributed by atoms with Crippen LogP contribution in [-0.2, 0) is 14.6 Å². The molecule has 2 heterocycles. The lowest BCUT2D eigenvalue weighted by atomic mass is 10.1. The number of aliphatic imine (C=N–C) groups is 1. The number of carbonyl (C=O) groups is 1. The van der Waals surface area contributed by atoms with Crippen LogP contribution in [0.3, 0.4) is 0 Å². The number of fused-ring (bicyclic) bond motifs is 1.